The molecule has 1 heterocycles. The monoisotopic (exact) mass is 220 g/mol. The van der Waals surface area contributed by atoms with Gasteiger partial charge in [0.05, 0.1) is 16.2 Å². The molecule has 1 aromatic carbocycles. The molecular weight excluding hydrogens is 212 g/mol. The van der Waals surface area contributed by atoms with Crippen molar-refractivity contribution >= 4 is 23.1 Å². The third-order valence-corrected chi connectivity index (χ3v) is 2.49. The van der Waals surface area contributed by atoms with Crippen molar-refractivity contribution in [3.63, 3.8) is 0 Å². The number of hydrogen-bond acceptors (Lipinski definition) is 4. The second kappa shape index (κ2) is 3.41. The van der Waals surface area contributed by atoms with E-state index in [0.29, 0.717) is 17.7 Å². The molecule has 0 atom stereocenters. The van der Waals surface area contributed by atoms with Crippen LogP contribution in [0.3, 0.4) is 0 Å². The van der Waals surface area contributed by atoms with E-state index in [9.17, 15) is 19.7 Å². The van der Waals surface area contributed by atoms with Gasteiger partial charge in [-0.05, 0) is 12.0 Å². The number of ketones is 1. The van der Waals surface area contributed by atoms with E-state index in [1.807, 2.05) is 0 Å². The minimum atomic E-state index is -0.731. The van der Waals surface area contributed by atoms with Crippen molar-refractivity contribution in [2.45, 2.75) is 13.3 Å². The van der Waals surface area contributed by atoms with Crippen molar-refractivity contribution in [1.82, 2.24) is 0 Å². The minimum absolute atomic E-state index is 0.0936. The quantitative estimate of drug-likeness (QED) is 0.462. The highest BCUT2D eigenvalue weighted by Crippen LogP contribution is 2.31. The minimum Gasteiger partial charge on any atom is -0.318 e. The number of non-ortho nitro benzene ring substituents is 1. The number of benzene rings is 1. The van der Waals surface area contributed by atoms with Gasteiger partial charge in [0.15, 0.2) is 0 Å². The third kappa shape index (κ3) is 1.35. The van der Waals surface area contributed by atoms with Crippen LogP contribution in [0.1, 0.15) is 22.8 Å². The van der Waals surface area contributed by atoms with E-state index < -0.39 is 16.6 Å². The Bertz CT molecular complexity index is 522. The molecule has 0 saturated carbocycles. The van der Waals surface area contributed by atoms with Gasteiger partial charge < -0.3 is 5.32 Å². The summed E-state index contributed by atoms with van der Waals surface area (Å²) in [4.78, 5) is 32.6. The normalized spacial score (nSPS) is 13.6. The van der Waals surface area contributed by atoms with Crippen molar-refractivity contribution in [2.75, 3.05) is 5.32 Å². The summed E-state index contributed by atoms with van der Waals surface area (Å²) in [6.07, 6.45) is 0.511. The number of nitro benzene ring substituents is 1. The molecular formula is C10H8N2O4. The third-order valence-electron chi connectivity index (χ3n) is 2.49. The van der Waals surface area contributed by atoms with Gasteiger partial charge in [0, 0.05) is 12.1 Å². The fraction of sp³-hybridized carbons (Fsp3) is 0.200. The lowest BCUT2D eigenvalue weighted by Crippen LogP contribution is -2.12. The topological polar surface area (TPSA) is 89.3 Å². The van der Waals surface area contributed by atoms with Gasteiger partial charge >= 0.3 is 0 Å². The maximum absolute atomic E-state index is 11.4. The summed E-state index contributed by atoms with van der Waals surface area (Å²) in [5.74, 6) is -1.45. The predicted octanol–water partition coefficient (Wildman–Crippen LogP) is 1.29. The number of nitro groups is 1. The van der Waals surface area contributed by atoms with Crippen LogP contribution in [0, 0.1) is 10.1 Å². The van der Waals surface area contributed by atoms with Crippen LogP contribution in [0.15, 0.2) is 12.1 Å². The second-order valence-corrected chi connectivity index (χ2v) is 3.42. The largest absolute Gasteiger partial charge is 0.318 e. The first kappa shape index (κ1) is 10.3. The summed E-state index contributed by atoms with van der Waals surface area (Å²) >= 11 is 0. The number of rotatable bonds is 2. The Balaban J connectivity index is 2.67. The molecule has 1 aromatic rings. The van der Waals surface area contributed by atoms with Crippen molar-refractivity contribution in [3.05, 3.63) is 33.4 Å². The number of fused-ring (bicyclic) bond motifs is 1. The Kier molecular flexibility index (Phi) is 2.19. The molecule has 0 saturated heterocycles. The van der Waals surface area contributed by atoms with Gasteiger partial charge in [0.2, 0.25) is 0 Å². The smallest absolute Gasteiger partial charge is 0.296 e. The SMILES string of the molecule is CCc1cc([N+](=O)[O-])cc2c1NC(=O)C2=O. The van der Waals surface area contributed by atoms with Crippen LogP contribution in [0.4, 0.5) is 11.4 Å². The van der Waals surface area contributed by atoms with Gasteiger partial charge in [0.25, 0.3) is 17.4 Å². The molecule has 1 aliphatic rings. The molecule has 0 bridgehead atoms. The van der Waals surface area contributed by atoms with Crippen LogP contribution in [0.25, 0.3) is 0 Å². The number of aryl methyl sites for hydroxylation is 1. The lowest BCUT2D eigenvalue weighted by molar-refractivity contribution is -0.384. The zero-order chi connectivity index (χ0) is 11.9. The predicted molar refractivity (Wildman–Crippen MR) is 55.4 cm³/mol. The molecule has 1 amide bonds. The lowest BCUT2D eigenvalue weighted by atomic mass is 10.0. The first-order valence-corrected chi connectivity index (χ1v) is 4.71. The molecule has 0 radical (unpaired) electrons. The van der Waals surface area contributed by atoms with E-state index in [0.717, 1.165) is 6.07 Å². The van der Waals surface area contributed by atoms with Gasteiger partial charge in [0.1, 0.15) is 0 Å². The summed E-state index contributed by atoms with van der Waals surface area (Å²) in [5.41, 5.74) is 0.933. The molecule has 0 fully saturated rings. The zero-order valence-electron chi connectivity index (χ0n) is 8.44. The van der Waals surface area contributed by atoms with E-state index >= 15 is 0 Å². The lowest BCUT2D eigenvalue weighted by Gasteiger charge is -2.04. The van der Waals surface area contributed by atoms with Crippen LogP contribution in [-0.2, 0) is 11.2 Å². The number of amides is 1. The van der Waals surface area contributed by atoms with Gasteiger partial charge in [-0.25, -0.2) is 0 Å². The Morgan fingerprint density at radius 1 is 1.38 bits per heavy atom. The van der Waals surface area contributed by atoms with Crippen molar-refractivity contribution in [2.24, 2.45) is 0 Å². The zero-order valence-corrected chi connectivity index (χ0v) is 8.44. The van der Waals surface area contributed by atoms with Gasteiger partial charge in [-0.2, -0.15) is 0 Å². The fourth-order valence-corrected chi connectivity index (χ4v) is 1.69. The summed E-state index contributed by atoms with van der Waals surface area (Å²) in [6.45, 7) is 1.80. The Morgan fingerprint density at radius 2 is 2.06 bits per heavy atom. The summed E-state index contributed by atoms with van der Waals surface area (Å²) < 4.78 is 0. The molecule has 1 aliphatic heterocycles. The van der Waals surface area contributed by atoms with E-state index in [2.05, 4.69) is 5.32 Å². The molecule has 2 rings (SSSR count). The van der Waals surface area contributed by atoms with Crippen LogP contribution >= 0.6 is 0 Å². The van der Waals surface area contributed by atoms with E-state index in [1.165, 1.54) is 6.07 Å². The van der Waals surface area contributed by atoms with E-state index in [4.69, 9.17) is 0 Å². The Morgan fingerprint density at radius 3 is 2.62 bits per heavy atom. The highest BCUT2D eigenvalue weighted by molar-refractivity contribution is 6.51. The Hall–Kier alpha value is -2.24. The van der Waals surface area contributed by atoms with E-state index in [1.54, 1.807) is 6.92 Å². The second-order valence-electron chi connectivity index (χ2n) is 3.42. The van der Waals surface area contributed by atoms with E-state index in [-0.39, 0.29) is 11.3 Å². The number of carbonyl (C=O) groups excluding carboxylic acids is 2. The maximum Gasteiger partial charge on any atom is 0.296 e. The van der Waals surface area contributed by atoms with Gasteiger partial charge in [-0.1, -0.05) is 6.92 Å². The molecule has 6 heteroatoms. The average Bonchev–Trinajstić information content (AvgIpc) is 2.54. The van der Waals surface area contributed by atoms with Gasteiger partial charge in [-0.3, -0.25) is 19.7 Å². The maximum atomic E-state index is 11.4. The molecule has 0 aliphatic carbocycles. The number of nitrogens with one attached hydrogen (secondary N) is 1. The first-order chi connectivity index (χ1) is 7.54. The number of anilines is 1. The van der Waals surface area contributed by atoms with Gasteiger partial charge in [-0.15, -0.1) is 0 Å². The molecule has 0 spiro atoms. The van der Waals surface area contributed by atoms with Crippen molar-refractivity contribution in [1.29, 1.82) is 0 Å². The van der Waals surface area contributed by atoms with Crippen LogP contribution in [0.2, 0.25) is 0 Å². The summed E-state index contributed by atoms with van der Waals surface area (Å²) in [5, 5.41) is 13.1. The molecule has 0 unspecified atom stereocenters. The average molecular weight is 220 g/mol. The summed E-state index contributed by atoms with van der Waals surface area (Å²) in [7, 11) is 0. The highest BCUT2D eigenvalue weighted by atomic mass is 16.6. The summed E-state index contributed by atoms with van der Waals surface area (Å²) in [6, 6.07) is 2.51. The highest BCUT2D eigenvalue weighted by Gasteiger charge is 2.31. The first-order valence-electron chi connectivity index (χ1n) is 4.71. The standard InChI is InChI=1S/C10H8N2O4/c1-2-5-3-6(12(15)16)4-7-8(5)11-10(14)9(7)13/h3-4H,2H2,1H3,(H,11,13,14). The number of hydrogen-bond donors (Lipinski definition) is 1. The number of carbonyl (C=O) groups is 2. The number of nitrogens with zero attached hydrogens (tertiary/aromatic N) is 1. The van der Waals surface area contributed by atoms with Crippen molar-refractivity contribution < 1.29 is 14.5 Å². The van der Waals surface area contributed by atoms with Crippen LogP contribution < -0.4 is 5.32 Å². The Labute approximate surface area is 90.4 Å². The van der Waals surface area contributed by atoms with Crippen LogP contribution in [0.5, 0.6) is 0 Å². The molecule has 1 N–H and O–H groups in total. The number of Topliss-reactive ketones (excluding diaryl/α,β-unsaturated/α-hetero) is 1. The molecule has 82 valence electrons. The fourth-order valence-electron chi connectivity index (χ4n) is 1.69. The van der Waals surface area contributed by atoms with Crippen molar-refractivity contribution in [3.8, 4) is 0 Å². The van der Waals surface area contributed by atoms with Crippen LogP contribution in [-0.4, -0.2) is 16.6 Å². The molecule has 0 aromatic heterocycles. The molecule has 6 nitrogen and oxygen atoms in total. The molecule has 16 heavy (non-hydrogen) atoms.